The van der Waals surface area contributed by atoms with Crippen LogP contribution in [0.1, 0.15) is 24.8 Å². The topological polar surface area (TPSA) is 44.5 Å². The third-order valence-corrected chi connectivity index (χ3v) is 3.83. The third-order valence-electron chi connectivity index (χ3n) is 3.83. The van der Waals surface area contributed by atoms with E-state index < -0.39 is 0 Å². The minimum absolute atomic E-state index is 0.262. The van der Waals surface area contributed by atoms with Gasteiger partial charge >= 0.3 is 0 Å². The molecule has 0 saturated carbocycles. The second kappa shape index (κ2) is 7.27. The first kappa shape index (κ1) is 16.3. The molecule has 118 valence electrons. The third kappa shape index (κ3) is 3.39. The molecule has 3 nitrogen and oxygen atoms in total. The van der Waals surface area contributed by atoms with Crippen LogP contribution in [0.5, 0.6) is 11.5 Å². The van der Waals surface area contributed by atoms with Crippen LogP contribution in [0.25, 0.3) is 11.1 Å². The Hall–Kier alpha value is -2.07. The molecule has 0 fully saturated rings. The first-order valence-electron chi connectivity index (χ1n) is 7.32. The van der Waals surface area contributed by atoms with Gasteiger partial charge in [0.15, 0.2) is 11.5 Å². The Balaban J connectivity index is 2.58. The van der Waals surface area contributed by atoms with Crippen LogP contribution in [-0.2, 0) is 0 Å². The summed E-state index contributed by atoms with van der Waals surface area (Å²) in [5.74, 6) is 1.37. The Morgan fingerprint density at radius 1 is 1.09 bits per heavy atom. The molecule has 2 aromatic carbocycles. The Morgan fingerprint density at radius 3 is 2.32 bits per heavy atom. The number of benzene rings is 2. The van der Waals surface area contributed by atoms with Gasteiger partial charge < -0.3 is 15.2 Å². The quantitative estimate of drug-likeness (QED) is 0.878. The van der Waals surface area contributed by atoms with E-state index in [1.165, 1.54) is 12.1 Å². The van der Waals surface area contributed by atoms with Crippen molar-refractivity contribution in [1.82, 2.24) is 0 Å². The van der Waals surface area contributed by atoms with Gasteiger partial charge in [-0.1, -0.05) is 19.1 Å². The van der Waals surface area contributed by atoms with Crippen LogP contribution in [0.4, 0.5) is 4.39 Å². The fraction of sp³-hybridized carbons (Fsp3) is 0.333. The molecular formula is C18H22FNO2. The zero-order chi connectivity index (χ0) is 16.1. The summed E-state index contributed by atoms with van der Waals surface area (Å²) < 4.78 is 24.1. The van der Waals surface area contributed by atoms with Crippen molar-refractivity contribution in [3.05, 3.63) is 47.8 Å². The summed E-state index contributed by atoms with van der Waals surface area (Å²) in [7, 11) is 3.22. The standard InChI is InChI=1S/C18H22FNO2/c1-12(8-9-20)14-10-16(13-4-6-15(19)7-5-13)18(22-3)17(11-14)21-2/h4-7,10-12H,8-9,20H2,1-3H3. The first-order chi connectivity index (χ1) is 10.6. The van der Waals surface area contributed by atoms with Gasteiger partial charge in [0.25, 0.3) is 0 Å². The monoisotopic (exact) mass is 303 g/mol. The Labute approximate surface area is 130 Å². The van der Waals surface area contributed by atoms with Crippen LogP contribution in [0.3, 0.4) is 0 Å². The van der Waals surface area contributed by atoms with Crippen molar-refractivity contribution in [2.75, 3.05) is 20.8 Å². The van der Waals surface area contributed by atoms with Crippen molar-refractivity contribution in [3.8, 4) is 22.6 Å². The highest BCUT2D eigenvalue weighted by atomic mass is 19.1. The molecule has 0 aliphatic rings. The lowest BCUT2D eigenvalue weighted by atomic mass is 9.93. The van der Waals surface area contributed by atoms with Crippen molar-refractivity contribution in [2.24, 2.45) is 5.73 Å². The largest absolute Gasteiger partial charge is 0.493 e. The number of hydrogen-bond acceptors (Lipinski definition) is 3. The summed E-state index contributed by atoms with van der Waals surface area (Å²) in [5.41, 5.74) is 8.57. The number of hydrogen-bond donors (Lipinski definition) is 1. The normalized spacial score (nSPS) is 12.0. The van der Waals surface area contributed by atoms with E-state index in [1.54, 1.807) is 26.4 Å². The van der Waals surface area contributed by atoms with E-state index in [-0.39, 0.29) is 5.82 Å². The number of halogens is 1. The number of methoxy groups -OCH3 is 2. The maximum absolute atomic E-state index is 13.2. The molecule has 0 aliphatic carbocycles. The van der Waals surface area contributed by atoms with Gasteiger partial charge in [-0.05, 0) is 54.3 Å². The summed E-state index contributed by atoms with van der Waals surface area (Å²) >= 11 is 0. The zero-order valence-corrected chi connectivity index (χ0v) is 13.2. The highest BCUT2D eigenvalue weighted by Crippen LogP contribution is 2.41. The van der Waals surface area contributed by atoms with Crippen LogP contribution >= 0.6 is 0 Å². The minimum atomic E-state index is -0.262. The van der Waals surface area contributed by atoms with Gasteiger partial charge in [0.1, 0.15) is 5.82 Å². The summed E-state index contributed by atoms with van der Waals surface area (Å²) in [5, 5.41) is 0. The number of nitrogens with two attached hydrogens (primary N) is 1. The first-order valence-corrected chi connectivity index (χ1v) is 7.32. The SMILES string of the molecule is COc1cc(C(C)CCN)cc(-c2ccc(F)cc2)c1OC. The summed E-state index contributed by atoms with van der Waals surface area (Å²) in [6.07, 6.45) is 0.887. The highest BCUT2D eigenvalue weighted by molar-refractivity contribution is 5.75. The van der Waals surface area contributed by atoms with E-state index in [0.717, 1.165) is 23.1 Å². The molecule has 0 saturated heterocycles. The van der Waals surface area contributed by atoms with Gasteiger partial charge in [-0.3, -0.25) is 0 Å². The molecule has 22 heavy (non-hydrogen) atoms. The molecule has 1 atom stereocenters. The smallest absolute Gasteiger partial charge is 0.168 e. The minimum Gasteiger partial charge on any atom is -0.493 e. The summed E-state index contributed by atoms with van der Waals surface area (Å²) in [6.45, 7) is 2.75. The van der Waals surface area contributed by atoms with Crippen molar-refractivity contribution in [3.63, 3.8) is 0 Å². The predicted octanol–water partition coefficient (Wildman–Crippen LogP) is 3.96. The molecule has 4 heteroatoms. The Morgan fingerprint density at radius 2 is 1.77 bits per heavy atom. The fourth-order valence-electron chi connectivity index (χ4n) is 2.53. The van der Waals surface area contributed by atoms with Crippen molar-refractivity contribution in [2.45, 2.75) is 19.3 Å². The zero-order valence-electron chi connectivity index (χ0n) is 13.2. The van der Waals surface area contributed by atoms with E-state index >= 15 is 0 Å². The van der Waals surface area contributed by atoms with Gasteiger partial charge in [-0.2, -0.15) is 0 Å². The fourth-order valence-corrected chi connectivity index (χ4v) is 2.53. The van der Waals surface area contributed by atoms with Crippen LogP contribution in [0, 0.1) is 5.82 Å². The molecule has 2 rings (SSSR count). The molecule has 0 aliphatic heterocycles. The lowest BCUT2D eigenvalue weighted by Crippen LogP contribution is -2.05. The van der Waals surface area contributed by atoms with E-state index in [4.69, 9.17) is 15.2 Å². The molecule has 0 radical (unpaired) electrons. The summed E-state index contributed by atoms with van der Waals surface area (Å²) in [6, 6.07) is 10.4. The molecule has 0 aromatic heterocycles. The average Bonchev–Trinajstić information content (AvgIpc) is 2.54. The molecule has 2 aromatic rings. The molecule has 2 N–H and O–H groups in total. The molecule has 0 amide bonds. The van der Waals surface area contributed by atoms with E-state index in [0.29, 0.717) is 24.0 Å². The van der Waals surface area contributed by atoms with E-state index in [1.807, 2.05) is 6.07 Å². The molecule has 0 spiro atoms. The average molecular weight is 303 g/mol. The van der Waals surface area contributed by atoms with Crippen molar-refractivity contribution < 1.29 is 13.9 Å². The summed E-state index contributed by atoms with van der Waals surface area (Å²) in [4.78, 5) is 0. The second-order valence-electron chi connectivity index (χ2n) is 5.29. The van der Waals surface area contributed by atoms with Crippen LogP contribution in [0.2, 0.25) is 0 Å². The van der Waals surface area contributed by atoms with Gasteiger partial charge in [-0.15, -0.1) is 0 Å². The Kier molecular flexibility index (Phi) is 5.39. The van der Waals surface area contributed by atoms with Gasteiger partial charge in [0.05, 0.1) is 14.2 Å². The van der Waals surface area contributed by atoms with E-state index in [2.05, 4.69) is 13.0 Å². The lowest BCUT2D eigenvalue weighted by Gasteiger charge is -2.18. The predicted molar refractivity (Wildman–Crippen MR) is 87.0 cm³/mol. The maximum Gasteiger partial charge on any atom is 0.168 e. The lowest BCUT2D eigenvalue weighted by molar-refractivity contribution is 0.355. The van der Waals surface area contributed by atoms with Crippen LogP contribution < -0.4 is 15.2 Å². The van der Waals surface area contributed by atoms with E-state index in [9.17, 15) is 4.39 Å². The van der Waals surface area contributed by atoms with Crippen LogP contribution in [0.15, 0.2) is 36.4 Å². The van der Waals surface area contributed by atoms with Crippen molar-refractivity contribution >= 4 is 0 Å². The van der Waals surface area contributed by atoms with Crippen molar-refractivity contribution in [1.29, 1.82) is 0 Å². The highest BCUT2D eigenvalue weighted by Gasteiger charge is 2.16. The molecule has 0 heterocycles. The van der Waals surface area contributed by atoms with Gasteiger partial charge in [0, 0.05) is 5.56 Å². The Bertz CT molecular complexity index is 626. The molecule has 0 bridgehead atoms. The number of ether oxygens (including phenoxy) is 2. The van der Waals surface area contributed by atoms with Gasteiger partial charge in [0.2, 0.25) is 0 Å². The second-order valence-corrected chi connectivity index (χ2v) is 5.29. The maximum atomic E-state index is 13.2. The molecular weight excluding hydrogens is 281 g/mol. The van der Waals surface area contributed by atoms with Crippen LogP contribution in [-0.4, -0.2) is 20.8 Å². The van der Waals surface area contributed by atoms with Gasteiger partial charge in [-0.25, -0.2) is 4.39 Å². The number of rotatable bonds is 6. The molecule has 1 unspecified atom stereocenters.